The normalized spacial score (nSPS) is 11.4. The fraction of sp³-hybridized carbons (Fsp3) is 0.300. The van der Waals surface area contributed by atoms with Crippen molar-refractivity contribution in [2.45, 2.75) is 13.8 Å². The summed E-state index contributed by atoms with van der Waals surface area (Å²) in [4.78, 5) is 4.12. The topological polar surface area (TPSA) is 47.6 Å². The Bertz CT molecular complexity index is 304. The minimum absolute atomic E-state index is 0.550. The van der Waals surface area contributed by atoms with E-state index in [2.05, 4.69) is 4.99 Å². The summed E-state index contributed by atoms with van der Waals surface area (Å²) in [7, 11) is 0. The molecular weight excluding hydrogens is 164 g/mol. The summed E-state index contributed by atoms with van der Waals surface area (Å²) < 4.78 is 5.32. The molecular formula is C10H14N2O. The number of nitrogens with zero attached hydrogens (tertiary/aromatic N) is 1. The second kappa shape index (κ2) is 4.50. The number of amidine groups is 1. The van der Waals surface area contributed by atoms with Crippen LogP contribution in [0.2, 0.25) is 0 Å². The van der Waals surface area contributed by atoms with Gasteiger partial charge in [-0.2, -0.15) is 0 Å². The Kier molecular flexibility index (Phi) is 3.31. The highest BCUT2D eigenvalue weighted by molar-refractivity contribution is 5.80. The maximum absolute atomic E-state index is 5.46. The fourth-order valence-corrected chi connectivity index (χ4v) is 1.01. The zero-order chi connectivity index (χ0) is 9.68. The van der Waals surface area contributed by atoms with Crippen LogP contribution in [0.5, 0.6) is 5.75 Å². The zero-order valence-corrected chi connectivity index (χ0v) is 7.95. The Hall–Kier alpha value is -1.51. The van der Waals surface area contributed by atoms with E-state index in [9.17, 15) is 0 Å². The largest absolute Gasteiger partial charge is 0.494 e. The van der Waals surface area contributed by atoms with E-state index in [0.29, 0.717) is 12.4 Å². The fourth-order valence-electron chi connectivity index (χ4n) is 1.01. The minimum Gasteiger partial charge on any atom is -0.494 e. The molecule has 0 aliphatic heterocycles. The van der Waals surface area contributed by atoms with E-state index in [1.165, 1.54) is 0 Å². The van der Waals surface area contributed by atoms with Gasteiger partial charge in [-0.3, -0.25) is 0 Å². The van der Waals surface area contributed by atoms with Gasteiger partial charge in [-0.1, -0.05) is 6.07 Å². The lowest BCUT2D eigenvalue weighted by Crippen LogP contribution is -2.03. The molecule has 0 unspecified atom stereocenters. The predicted molar refractivity (Wildman–Crippen MR) is 54.6 cm³/mol. The lowest BCUT2D eigenvalue weighted by molar-refractivity contribution is 0.340. The first kappa shape index (κ1) is 9.58. The van der Waals surface area contributed by atoms with Crippen molar-refractivity contribution < 1.29 is 4.74 Å². The first-order valence-electron chi connectivity index (χ1n) is 4.26. The van der Waals surface area contributed by atoms with Crippen LogP contribution in [0.3, 0.4) is 0 Å². The molecule has 0 aromatic heterocycles. The van der Waals surface area contributed by atoms with Gasteiger partial charge in [-0.05, 0) is 26.0 Å². The third-order valence-corrected chi connectivity index (χ3v) is 1.43. The molecule has 0 saturated heterocycles. The van der Waals surface area contributed by atoms with Crippen LogP contribution in [0, 0.1) is 0 Å². The van der Waals surface area contributed by atoms with Gasteiger partial charge in [-0.15, -0.1) is 0 Å². The molecule has 70 valence electrons. The summed E-state index contributed by atoms with van der Waals surface area (Å²) >= 11 is 0. The Morgan fingerprint density at radius 3 is 2.92 bits per heavy atom. The van der Waals surface area contributed by atoms with E-state index >= 15 is 0 Å². The first-order valence-corrected chi connectivity index (χ1v) is 4.26. The Labute approximate surface area is 78.2 Å². The smallest absolute Gasteiger partial charge is 0.121 e. The Morgan fingerprint density at radius 2 is 2.31 bits per heavy atom. The number of hydrogen-bond acceptors (Lipinski definition) is 2. The van der Waals surface area contributed by atoms with Gasteiger partial charge in [0.1, 0.15) is 5.75 Å². The third kappa shape index (κ3) is 3.15. The first-order chi connectivity index (χ1) is 6.22. The molecule has 0 fully saturated rings. The molecule has 0 spiro atoms. The van der Waals surface area contributed by atoms with Gasteiger partial charge in [0.15, 0.2) is 0 Å². The molecule has 0 bridgehead atoms. The molecule has 2 N–H and O–H groups in total. The molecule has 1 aromatic carbocycles. The number of ether oxygens (including phenoxy) is 1. The van der Waals surface area contributed by atoms with Gasteiger partial charge < -0.3 is 10.5 Å². The lowest BCUT2D eigenvalue weighted by Gasteiger charge is -2.02. The molecule has 1 aromatic rings. The minimum atomic E-state index is 0.550. The van der Waals surface area contributed by atoms with E-state index in [0.717, 1.165) is 11.4 Å². The third-order valence-electron chi connectivity index (χ3n) is 1.43. The second-order valence-electron chi connectivity index (χ2n) is 2.68. The van der Waals surface area contributed by atoms with Gasteiger partial charge in [0.25, 0.3) is 0 Å². The summed E-state index contributed by atoms with van der Waals surface area (Å²) in [5, 5.41) is 0. The van der Waals surface area contributed by atoms with Crippen LogP contribution in [0.4, 0.5) is 5.69 Å². The van der Waals surface area contributed by atoms with Gasteiger partial charge in [0, 0.05) is 6.07 Å². The van der Waals surface area contributed by atoms with Crippen molar-refractivity contribution in [1.82, 2.24) is 0 Å². The van der Waals surface area contributed by atoms with Gasteiger partial charge in [0.2, 0.25) is 0 Å². The number of nitrogens with two attached hydrogens (primary N) is 1. The number of benzene rings is 1. The molecule has 0 aliphatic rings. The molecule has 3 nitrogen and oxygen atoms in total. The summed E-state index contributed by atoms with van der Waals surface area (Å²) in [6.07, 6.45) is 0. The summed E-state index contributed by atoms with van der Waals surface area (Å²) in [5.41, 5.74) is 6.28. The number of aliphatic imine (C=N–C) groups is 1. The van der Waals surface area contributed by atoms with Crippen molar-refractivity contribution >= 4 is 11.5 Å². The van der Waals surface area contributed by atoms with Crippen LogP contribution in [-0.4, -0.2) is 12.4 Å². The lowest BCUT2D eigenvalue weighted by atomic mass is 10.3. The van der Waals surface area contributed by atoms with Gasteiger partial charge in [-0.25, -0.2) is 4.99 Å². The molecule has 0 saturated carbocycles. The summed E-state index contributed by atoms with van der Waals surface area (Å²) in [6.45, 7) is 4.37. The maximum Gasteiger partial charge on any atom is 0.121 e. The molecule has 0 atom stereocenters. The molecule has 3 heteroatoms. The predicted octanol–water partition coefficient (Wildman–Crippen LogP) is 2.09. The molecule has 0 heterocycles. The van der Waals surface area contributed by atoms with Crippen LogP contribution in [0.15, 0.2) is 29.3 Å². The second-order valence-corrected chi connectivity index (χ2v) is 2.68. The van der Waals surface area contributed by atoms with E-state index in [4.69, 9.17) is 10.5 Å². The standard InChI is InChI=1S/C10H14N2O/c1-3-13-10-6-4-5-9(7-10)12-8(2)11/h4-7H,3H2,1-2H3,(H2,11,12). The highest BCUT2D eigenvalue weighted by Crippen LogP contribution is 2.19. The molecule has 13 heavy (non-hydrogen) atoms. The highest BCUT2D eigenvalue weighted by Gasteiger charge is 1.93. The van der Waals surface area contributed by atoms with Gasteiger partial charge in [0.05, 0.1) is 18.1 Å². The SMILES string of the molecule is CCOc1cccc(N=C(C)N)c1. The van der Waals surface area contributed by atoms with E-state index in [1.54, 1.807) is 6.92 Å². The highest BCUT2D eigenvalue weighted by atomic mass is 16.5. The molecule has 1 rings (SSSR count). The van der Waals surface area contributed by atoms with Crippen molar-refractivity contribution in [3.8, 4) is 5.75 Å². The van der Waals surface area contributed by atoms with Crippen molar-refractivity contribution in [3.05, 3.63) is 24.3 Å². The Balaban J connectivity index is 2.85. The monoisotopic (exact) mass is 178 g/mol. The number of rotatable bonds is 3. The van der Waals surface area contributed by atoms with Crippen molar-refractivity contribution in [1.29, 1.82) is 0 Å². The van der Waals surface area contributed by atoms with E-state index in [-0.39, 0.29) is 0 Å². The van der Waals surface area contributed by atoms with Crippen LogP contribution in [0.25, 0.3) is 0 Å². The molecule has 0 radical (unpaired) electrons. The summed E-state index contributed by atoms with van der Waals surface area (Å²) in [6, 6.07) is 7.54. The van der Waals surface area contributed by atoms with Crippen molar-refractivity contribution in [3.63, 3.8) is 0 Å². The molecule has 0 aliphatic carbocycles. The maximum atomic E-state index is 5.46. The van der Waals surface area contributed by atoms with Gasteiger partial charge >= 0.3 is 0 Å². The molecule has 0 amide bonds. The summed E-state index contributed by atoms with van der Waals surface area (Å²) in [5.74, 6) is 1.37. The van der Waals surface area contributed by atoms with E-state index in [1.807, 2.05) is 31.2 Å². The number of hydrogen-bond donors (Lipinski definition) is 1. The van der Waals surface area contributed by atoms with Crippen molar-refractivity contribution in [2.24, 2.45) is 10.7 Å². The van der Waals surface area contributed by atoms with Crippen LogP contribution >= 0.6 is 0 Å². The van der Waals surface area contributed by atoms with Crippen molar-refractivity contribution in [2.75, 3.05) is 6.61 Å². The van der Waals surface area contributed by atoms with Crippen LogP contribution in [0.1, 0.15) is 13.8 Å². The average molecular weight is 178 g/mol. The zero-order valence-electron chi connectivity index (χ0n) is 7.95. The van der Waals surface area contributed by atoms with Crippen LogP contribution in [-0.2, 0) is 0 Å². The van der Waals surface area contributed by atoms with Crippen LogP contribution < -0.4 is 10.5 Å². The average Bonchev–Trinajstić information content (AvgIpc) is 2.04. The van der Waals surface area contributed by atoms with E-state index < -0.39 is 0 Å². The quantitative estimate of drug-likeness (QED) is 0.569. The Morgan fingerprint density at radius 1 is 1.54 bits per heavy atom.